The number of ketones is 1. The van der Waals surface area contributed by atoms with Crippen molar-refractivity contribution in [3.05, 3.63) is 62.7 Å². The second-order valence-corrected chi connectivity index (χ2v) is 4.82. The number of Topliss-reactive ketones (excluding diaryl/α,β-unsaturated/α-hetero) is 1. The molecule has 0 saturated carbocycles. The molecule has 2 aromatic rings. The first-order valence-electron chi connectivity index (χ1n) is 5.38. The van der Waals surface area contributed by atoms with Crippen LogP contribution >= 0.6 is 15.9 Å². The Kier molecular flexibility index (Phi) is 3.72. The summed E-state index contributed by atoms with van der Waals surface area (Å²) in [7, 11) is 0. The van der Waals surface area contributed by atoms with Crippen molar-refractivity contribution >= 4 is 21.7 Å². The van der Waals surface area contributed by atoms with Gasteiger partial charge in [-0.1, -0.05) is 23.8 Å². The van der Waals surface area contributed by atoms with E-state index in [1.807, 2.05) is 19.1 Å². The first-order valence-corrected chi connectivity index (χ1v) is 6.17. The molecule has 0 atom stereocenters. The minimum atomic E-state index is -0.258. The molecule has 1 aromatic heterocycles. The van der Waals surface area contributed by atoms with Gasteiger partial charge in [0.25, 0.3) is 5.56 Å². The number of aryl methyl sites for hydroxylation is 1. The third-order valence-electron chi connectivity index (χ3n) is 2.51. The van der Waals surface area contributed by atoms with E-state index in [0.29, 0.717) is 10.0 Å². The van der Waals surface area contributed by atoms with Crippen LogP contribution < -0.4 is 5.56 Å². The van der Waals surface area contributed by atoms with Crippen molar-refractivity contribution in [2.75, 3.05) is 0 Å². The highest BCUT2D eigenvalue weighted by atomic mass is 79.9. The molecule has 0 radical (unpaired) electrons. The third-order valence-corrected chi connectivity index (χ3v) is 3.06. The van der Waals surface area contributed by atoms with Gasteiger partial charge in [-0.25, -0.2) is 4.98 Å². The van der Waals surface area contributed by atoms with E-state index in [-0.39, 0.29) is 17.9 Å². The molecule has 0 spiro atoms. The van der Waals surface area contributed by atoms with Crippen LogP contribution in [0.2, 0.25) is 0 Å². The number of aromatic nitrogens is 2. The SMILES string of the molecule is Cc1cccc(C(=O)Cn2cncc(Br)c2=O)c1. The Morgan fingerprint density at radius 2 is 2.22 bits per heavy atom. The number of rotatable bonds is 3. The Hall–Kier alpha value is -1.75. The van der Waals surface area contributed by atoms with Crippen molar-refractivity contribution in [3.8, 4) is 0 Å². The molecule has 1 aromatic carbocycles. The summed E-state index contributed by atoms with van der Waals surface area (Å²) < 4.78 is 1.64. The number of hydrogen-bond donors (Lipinski definition) is 0. The van der Waals surface area contributed by atoms with E-state index < -0.39 is 0 Å². The van der Waals surface area contributed by atoms with Crippen molar-refractivity contribution in [2.24, 2.45) is 0 Å². The summed E-state index contributed by atoms with van der Waals surface area (Å²) in [5.41, 5.74) is 1.36. The Labute approximate surface area is 112 Å². The first-order chi connectivity index (χ1) is 8.58. The summed E-state index contributed by atoms with van der Waals surface area (Å²) >= 11 is 3.10. The molecule has 0 aliphatic rings. The fourth-order valence-electron chi connectivity index (χ4n) is 1.60. The van der Waals surface area contributed by atoms with E-state index in [9.17, 15) is 9.59 Å². The third kappa shape index (κ3) is 2.73. The average molecular weight is 307 g/mol. The summed E-state index contributed by atoms with van der Waals surface area (Å²) in [5, 5.41) is 0. The standard InChI is InChI=1S/C13H11BrN2O2/c1-9-3-2-4-10(5-9)12(17)7-16-8-15-6-11(14)13(16)18/h2-6,8H,7H2,1H3. The van der Waals surface area contributed by atoms with Crippen molar-refractivity contribution in [3.63, 3.8) is 0 Å². The van der Waals surface area contributed by atoms with Gasteiger partial charge in [0.15, 0.2) is 5.78 Å². The molecule has 92 valence electrons. The molecule has 0 bridgehead atoms. The molecule has 5 heteroatoms. The number of nitrogens with zero attached hydrogens (tertiary/aromatic N) is 2. The van der Waals surface area contributed by atoms with E-state index in [2.05, 4.69) is 20.9 Å². The van der Waals surface area contributed by atoms with Gasteiger partial charge in [-0.05, 0) is 28.9 Å². The zero-order chi connectivity index (χ0) is 13.1. The Balaban J connectivity index is 2.27. The molecular weight excluding hydrogens is 296 g/mol. The van der Waals surface area contributed by atoms with Gasteiger partial charge in [-0.3, -0.25) is 14.2 Å². The fourth-order valence-corrected chi connectivity index (χ4v) is 1.95. The molecule has 0 fully saturated rings. The number of carbonyl (C=O) groups is 1. The van der Waals surface area contributed by atoms with Gasteiger partial charge in [-0.15, -0.1) is 0 Å². The molecule has 0 saturated heterocycles. The molecule has 0 aliphatic carbocycles. The average Bonchev–Trinajstić information content (AvgIpc) is 2.35. The summed E-state index contributed by atoms with van der Waals surface area (Å²) in [6.45, 7) is 1.92. The van der Waals surface area contributed by atoms with Gasteiger partial charge in [0.05, 0.1) is 12.9 Å². The number of halogens is 1. The molecule has 0 N–H and O–H groups in total. The van der Waals surface area contributed by atoms with Crippen molar-refractivity contribution in [1.29, 1.82) is 0 Å². The lowest BCUT2D eigenvalue weighted by atomic mass is 10.1. The number of carbonyl (C=O) groups excluding carboxylic acids is 1. The lowest BCUT2D eigenvalue weighted by Gasteiger charge is -2.05. The molecule has 0 unspecified atom stereocenters. The maximum Gasteiger partial charge on any atom is 0.268 e. The van der Waals surface area contributed by atoms with Gasteiger partial charge in [0, 0.05) is 11.8 Å². The molecular formula is C13H11BrN2O2. The minimum Gasteiger partial charge on any atom is -0.292 e. The zero-order valence-corrected chi connectivity index (χ0v) is 11.3. The van der Waals surface area contributed by atoms with E-state index in [1.165, 1.54) is 17.1 Å². The summed E-state index contributed by atoms with van der Waals surface area (Å²) in [6.07, 6.45) is 2.77. The molecule has 0 amide bonds. The lowest BCUT2D eigenvalue weighted by Crippen LogP contribution is -2.24. The lowest BCUT2D eigenvalue weighted by molar-refractivity contribution is 0.0970. The Bertz CT molecular complexity index is 649. The predicted octanol–water partition coefficient (Wildman–Crippen LogP) is 2.20. The highest BCUT2D eigenvalue weighted by Crippen LogP contribution is 2.06. The fraction of sp³-hybridized carbons (Fsp3) is 0.154. The topological polar surface area (TPSA) is 52.0 Å². The van der Waals surface area contributed by atoms with E-state index in [1.54, 1.807) is 12.1 Å². The number of hydrogen-bond acceptors (Lipinski definition) is 3. The molecule has 2 rings (SSSR count). The quantitative estimate of drug-likeness (QED) is 0.817. The van der Waals surface area contributed by atoms with Crippen LogP contribution in [0.25, 0.3) is 0 Å². The smallest absolute Gasteiger partial charge is 0.268 e. The van der Waals surface area contributed by atoms with Gasteiger partial charge in [0.1, 0.15) is 4.47 Å². The van der Waals surface area contributed by atoms with E-state index in [0.717, 1.165) is 5.56 Å². The van der Waals surface area contributed by atoms with Crippen LogP contribution in [0.3, 0.4) is 0 Å². The van der Waals surface area contributed by atoms with Crippen molar-refractivity contribution < 1.29 is 4.79 Å². The highest BCUT2D eigenvalue weighted by Gasteiger charge is 2.09. The van der Waals surface area contributed by atoms with Gasteiger partial charge < -0.3 is 0 Å². The van der Waals surface area contributed by atoms with Crippen molar-refractivity contribution in [1.82, 2.24) is 9.55 Å². The van der Waals surface area contributed by atoms with Crippen LogP contribution in [0.5, 0.6) is 0 Å². The summed E-state index contributed by atoms with van der Waals surface area (Å²) in [4.78, 5) is 27.6. The van der Waals surface area contributed by atoms with Gasteiger partial charge >= 0.3 is 0 Å². The van der Waals surface area contributed by atoms with Crippen LogP contribution in [-0.4, -0.2) is 15.3 Å². The Morgan fingerprint density at radius 3 is 2.94 bits per heavy atom. The predicted molar refractivity (Wildman–Crippen MR) is 71.7 cm³/mol. The molecule has 4 nitrogen and oxygen atoms in total. The van der Waals surface area contributed by atoms with Gasteiger partial charge in [-0.2, -0.15) is 0 Å². The van der Waals surface area contributed by atoms with Gasteiger partial charge in [0.2, 0.25) is 0 Å². The summed E-state index contributed by atoms with van der Waals surface area (Å²) in [5.74, 6) is -0.110. The second kappa shape index (κ2) is 5.27. The largest absolute Gasteiger partial charge is 0.292 e. The highest BCUT2D eigenvalue weighted by molar-refractivity contribution is 9.10. The molecule has 0 aliphatic heterocycles. The normalized spacial score (nSPS) is 10.3. The second-order valence-electron chi connectivity index (χ2n) is 3.97. The van der Waals surface area contributed by atoms with E-state index >= 15 is 0 Å². The van der Waals surface area contributed by atoms with Crippen LogP contribution in [-0.2, 0) is 6.54 Å². The summed E-state index contributed by atoms with van der Waals surface area (Å²) in [6, 6.07) is 7.29. The first kappa shape index (κ1) is 12.7. The zero-order valence-electron chi connectivity index (χ0n) is 9.76. The Morgan fingerprint density at radius 1 is 1.44 bits per heavy atom. The van der Waals surface area contributed by atoms with E-state index in [4.69, 9.17) is 0 Å². The van der Waals surface area contributed by atoms with Crippen LogP contribution in [0.15, 0.2) is 46.1 Å². The maximum atomic E-state index is 12.0. The number of benzene rings is 1. The molecule has 18 heavy (non-hydrogen) atoms. The van der Waals surface area contributed by atoms with Crippen molar-refractivity contribution in [2.45, 2.75) is 13.5 Å². The maximum absolute atomic E-state index is 12.0. The minimum absolute atomic E-state index is 0.00523. The monoisotopic (exact) mass is 306 g/mol. The molecule has 1 heterocycles. The van der Waals surface area contributed by atoms with Crippen LogP contribution in [0.1, 0.15) is 15.9 Å². The van der Waals surface area contributed by atoms with Crippen LogP contribution in [0, 0.1) is 6.92 Å². The van der Waals surface area contributed by atoms with Crippen LogP contribution in [0.4, 0.5) is 0 Å².